The van der Waals surface area contributed by atoms with Gasteiger partial charge in [-0.1, -0.05) is 169 Å². The number of allylic oxidation sites excluding steroid dienone is 4. The van der Waals surface area contributed by atoms with E-state index in [1.807, 2.05) is 54.6 Å². The summed E-state index contributed by atoms with van der Waals surface area (Å²) < 4.78 is 30.9. The second-order valence-corrected chi connectivity index (χ2v) is 12.0. The quantitative estimate of drug-likeness (QED) is 0.154. The summed E-state index contributed by atoms with van der Waals surface area (Å²) in [7, 11) is 0. The van der Waals surface area contributed by atoms with Crippen LogP contribution < -0.4 is 0 Å². The van der Waals surface area contributed by atoms with E-state index in [0.717, 1.165) is 23.1 Å². The highest BCUT2D eigenvalue weighted by molar-refractivity contribution is 5.78. The molecule has 0 heterocycles. The van der Waals surface area contributed by atoms with Crippen LogP contribution in [0.15, 0.2) is 85.0 Å². The minimum Gasteiger partial charge on any atom is -0.203 e. The zero-order chi connectivity index (χ0) is 28.9. The molecule has 2 heteroatoms. The van der Waals surface area contributed by atoms with Crippen LogP contribution in [-0.2, 0) is 0 Å². The van der Waals surface area contributed by atoms with E-state index in [9.17, 15) is 0 Å². The zero-order valence-electron chi connectivity index (χ0n) is 25.2. The van der Waals surface area contributed by atoms with Crippen molar-refractivity contribution in [3.05, 3.63) is 102 Å². The van der Waals surface area contributed by atoms with Crippen LogP contribution in [0.5, 0.6) is 0 Å². The lowest BCUT2D eigenvalue weighted by Gasteiger charge is -2.33. The van der Waals surface area contributed by atoms with Gasteiger partial charge < -0.3 is 0 Å². The monoisotopic (exact) mass is 554 g/mol. The minimum atomic E-state index is -0.774. The molecule has 0 aromatic heterocycles. The molecule has 1 aliphatic carbocycles. The third-order valence-electron chi connectivity index (χ3n) is 8.85. The van der Waals surface area contributed by atoms with Crippen molar-refractivity contribution in [1.82, 2.24) is 0 Å². The molecular weight excluding hydrogens is 506 g/mol. The number of rotatable bonds is 16. The fourth-order valence-electron chi connectivity index (χ4n) is 6.22. The average Bonchev–Trinajstić information content (AvgIpc) is 3.01. The lowest BCUT2D eigenvalue weighted by atomic mass is 9.72. The molecule has 1 unspecified atom stereocenters. The highest BCUT2D eigenvalue weighted by Crippen LogP contribution is 2.43. The van der Waals surface area contributed by atoms with Crippen molar-refractivity contribution in [3.8, 4) is 22.3 Å². The lowest BCUT2D eigenvalue weighted by Crippen LogP contribution is -2.20. The molecule has 0 saturated heterocycles. The standard InChI is InChI=1S/C39H48F2/c1-3-5-7-9-11-16-28-39(27-15-10-8-6-4-2)29-25-34(26-30-39)36-24-23-35(37(40)38(36)41)33-21-19-32(20-22-33)31-17-13-12-14-18-31/h12-14,17-26,29H,3-11,15-16,27-28,30H2,1-2H3. The first-order valence-corrected chi connectivity index (χ1v) is 16.1. The van der Waals surface area contributed by atoms with E-state index in [1.54, 1.807) is 12.1 Å². The third-order valence-corrected chi connectivity index (χ3v) is 8.85. The Morgan fingerprint density at radius 1 is 0.561 bits per heavy atom. The summed E-state index contributed by atoms with van der Waals surface area (Å²) in [5, 5.41) is 0. The molecular formula is C39H48F2. The predicted octanol–water partition coefficient (Wildman–Crippen LogP) is 12.7. The SMILES string of the molecule is CCCCCCCCC1(CCCCCCC)C=CC(c2ccc(-c3ccc(-c4ccccc4)cc3)c(F)c2F)=CC1. The number of unbranched alkanes of at least 4 members (excludes halogenated alkanes) is 9. The molecule has 0 aliphatic heterocycles. The molecule has 3 aromatic carbocycles. The molecule has 0 bridgehead atoms. The van der Waals surface area contributed by atoms with E-state index < -0.39 is 11.6 Å². The van der Waals surface area contributed by atoms with E-state index >= 15 is 8.78 Å². The summed E-state index contributed by atoms with van der Waals surface area (Å²) in [6, 6.07) is 21.2. The van der Waals surface area contributed by atoms with Gasteiger partial charge in [-0.05, 0) is 46.9 Å². The Bertz CT molecular complexity index is 1270. The van der Waals surface area contributed by atoms with E-state index in [4.69, 9.17) is 0 Å². The van der Waals surface area contributed by atoms with E-state index in [1.165, 1.54) is 83.5 Å². The van der Waals surface area contributed by atoms with Crippen LogP contribution in [0.4, 0.5) is 8.78 Å². The van der Waals surface area contributed by atoms with Gasteiger partial charge in [0.25, 0.3) is 0 Å². The van der Waals surface area contributed by atoms with Crippen LogP contribution in [0.2, 0.25) is 0 Å². The topological polar surface area (TPSA) is 0 Å². The van der Waals surface area contributed by atoms with E-state index in [2.05, 4.69) is 32.1 Å². The molecule has 0 N–H and O–H groups in total. The highest BCUT2D eigenvalue weighted by Gasteiger charge is 2.28. The Kier molecular flexibility index (Phi) is 12.0. The van der Waals surface area contributed by atoms with Gasteiger partial charge in [0.2, 0.25) is 0 Å². The Morgan fingerprint density at radius 2 is 1.07 bits per heavy atom. The number of halogens is 2. The molecule has 1 aliphatic rings. The zero-order valence-corrected chi connectivity index (χ0v) is 25.2. The largest absolute Gasteiger partial charge is 0.203 e. The second kappa shape index (κ2) is 15.9. The van der Waals surface area contributed by atoms with Crippen molar-refractivity contribution in [2.75, 3.05) is 0 Å². The molecule has 4 rings (SSSR count). The van der Waals surface area contributed by atoms with Gasteiger partial charge in [-0.15, -0.1) is 0 Å². The summed E-state index contributed by atoms with van der Waals surface area (Å²) in [6.07, 6.45) is 24.0. The van der Waals surface area contributed by atoms with Gasteiger partial charge in [0.15, 0.2) is 11.6 Å². The van der Waals surface area contributed by atoms with Gasteiger partial charge in [-0.25, -0.2) is 8.78 Å². The molecule has 0 nitrogen and oxygen atoms in total. The number of hydrogen-bond donors (Lipinski definition) is 0. The predicted molar refractivity (Wildman–Crippen MR) is 173 cm³/mol. The smallest absolute Gasteiger partial charge is 0.167 e. The van der Waals surface area contributed by atoms with E-state index in [-0.39, 0.29) is 5.41 Å². The van der Waals surface area contributed by atoms with Gasteiger partial charge in [0.05, 0.1) is 0 Å². The minimum absolute atomic E-state index is 0.149. The maximum atomic E-state index is 15.5. The average molecular weight is 555 g/mol. The molecule has 0 spiro atoms. The fraction of sp³-hybridized carbons (Fsp3) is 0.436. The van der Waals surface area contributed by atoms with Gasteiger partial charge in [0, 0.05) is 11.1 Å². The highest BCUT2D eigenvalue weighted by atomic mass is 19.2. The molecule has 41 heavy (non-hydrogen) atoms. The molecule has 0 amide bonds. The van der Waals surface area contributed by atoms with Crippen LogP contribution in [-0.4, -0.2) is 0 Å². The summed E-state index contributed by atoms with van der Waals surface area (Å²) in [6.45, 7) is 4.52. The summed E-state index contributed by atoms with van der Waals surface area (Å²) in [5.41, 5.74) is 4.45. The Balaban J connectivity index is 1.45. The van der Waals surface area contributed by atoms with Crippen molar-refractivity contribution in [2.45, 2.75) is 104 Å². The second-order valence-electron chi connectivity index (χ2n) is 12.0. The van der Waals surface area contributed by atoms with Crippen LogP contribution in [0.3, 0.4) is 0 Å². The number of hydrogen-bond acceptors (Lipinski definition) is 0. The van der Waals surface area contributed by atoms with Gasteiger partial charge >= 0.3 is 0 Å². The first-order chi connectivity index (χ1) is 20.1. The number of benzene rings is 3. The van der Waals surface area contributed by atoms with Crippen molar-refractivity contribution >= 4 is 5.57 Å². The maximum Gasteiger partial charge on any atom is 0.167 e. The van der Waals surface area contributed by atoms with Crippen LogP contribution in [0.1, 0.15) is 109 Å². The first-order valence-electron chi connectivity index (χ1n) is 16.1. The van der Waals surface area contributed by atoms with Crippen molar-refractivity contribution in [1.29, 1.82) is 0 Å². The Labute approximate surface area is 247 Å². The van der Waals surface area contributed by atoms with Gasteiger partial charge in [-0.3, -0.25) is 0 Å². The van der Waals surface area contributed by atoms with Crippen molar-refractivity contribution < 1.29 is 8.78 Å². The maximum absolute atomic E-state index is 15.5. The first kappa shape index (κ1) is 30.9. The molecule has 218 valence electrons. The fourth-order valence-corrected chi connectivity index (χ4v) is 6.22. The molecule has 1 atom stereocenters. The van der Waals surface area contributed by atoms with Crippen LogP contribution in [0, 0.1) is 17.0 Å². The molecule has 0 saturated carbocycles. The lowest BCUT2D eigenvalue weighted by molar-refractivity contribution is 0.297. The summed E-state index contributed by atoms with van der Waals surface area (Å²) in [4.78, 5) is 0. The molecule has 0 radical (unpaired) electrons. The van der Waals surface area contributed by atoms with Gasteiger partial charge in [-0.2, -0.15) is 0 Å². The van der Waals surface area contributed by atoms with Crippen LogP contribution >= 0.6 is 0 Å². The van der Waals surface area contributed by atoms with Crippen LogP contribution in [0.25, 0.3) is 27.8 Å². The third kappa shape index (κ3) is 8.51. The van der Waals surface area contributed by atoms with Crippen molar-refractivity contribution in [3.63, 3.8) is 0 Å². The van der Waals surface area contributed by atoms with Gasteiger partial charge in [0.1, 0.15) is 0 Å². The summed E-state index contributed by atoms with van der Waals surface area (Å²) in [5.74, 6) is -1.53. The van der Waals surface area contributed by atoms with E-state index in [0.29, 0.717) is 16.7 Å². The molecule has 3 aromatic rings. The summed E-state index contributed by atoms with van der Waals surface area (Å²) >= 11 is 0. The van der Waals surface area contributed by atoms with Crippen molar-refractivity contribution in [2.24, 2.45) is 5.41 Å². The Morgan fingerprint density at radius 3 is 1.66 bits per heavy atom. The normalized spacial score (nSPS) is 16.6. The Hall–Kier alpha value is -3.00. The molecule has 0 fully saturated rings.